The summed E-state index contributed by atoms with van der Waals surface area (Å²) in [5.41, 5.74) is -0.259. The van der Waals surface area contributed by atoms with Crippen LogP contribution in [0.2, 0.25) is 10.0 Å². The van der Waals surface area contributed by atoms with E-state index in [1.165, 1.54) is 24.3 Å². The van der Waals surface area contributed by atoms with Crippen LogP contribution in [0, 0.1) is 5.41 Å². The van der Waals surface area contributed by atoms with Gasteiger partial charge in [0, 0.05) is 17.1 Å². The Kier molecular flexibility index (Phi) is 5.31. The van der Waals surface area contributed by atoms with Crippen LogP contribution >= 0.6 is 23.2 Å². The van der Waals surface area contributed by atoms with Crippen molar-refractivity contribution >= 4 is 40.6 Å². The van der Waals surface area contributed by atoms with Crippen molar-refractivity contribution in [3.63, 3.8) is 0 Å². The van der Waals surface area contributed by atoms with E-state index >= 15 is 0 Å². The molecule has 0 saturated heterocycles. The number of nitrogens with one attached hydrogen (secondary N) is 2. The molecule has 2 heterocycles. The largest absolute Gasteiger partial charge is 0.410 e. The van der Waals surface area contributed by atoms with Crippen molar-refractivity contribution in [2.75, 3.05) is 10.6 Å². The Labute approximate surface area is 170 Å². The van der Waals surface area contributed by atoms with Gasteiger partial charge in [-0.1, -0.05) is 44.0 Å². The number of aromatic nitrogens is 2. The van der Waals surface area contributed by atoms with E-state index in [2.05, 4.69) is 15.7 Å². The van der Waals surface area contributed by atoms with Crippen LogP contribution in [0.4, 0.5) is 24.7 Å². The van der Waals surface area contributed by atoms with Crippen molar-refractivity contribution in [1.29, 1.82) is 0 Å². The second-order valence-electron chi connectivity index (χ2n) is 7.79. The first-order valence-electron chi connectivity index (χ1n) is 8.55. The number of hydrogen-bond acceptors (Lipinski definition) is 3. The highest BCUT2D eigenvalue weighted by Gasteiger charge is 2.48. The molecule has 5 nitrogen and oxygen atoms in total. The maximum atomic E-state index is 13.6. The van der Waals surface area contributed by atoms with E-state index < -0.39 is 29.6 Å². The highest BCUT2D eigenvalue weighted by Crippen LogP contribution is 2.43. The number of carbonyl (C=O) groups excluding carboxylic acids is 1. The number of nitrogens with zero attached hydrogens (tertiary/aromatic N) is 2. The number of benzene rings is 1. The molecular formula is C18H19Cl2F3N4O. The van der Waals surface area contributed by atoms with Gasteiger partial charge < -0.3 is 10.6 Å². The summed E-state index contributed by atoms with van der Waals surface area (Å²) in [6.07, 6.45) is -4.66. The van der Waals surface area contributed by atoms with Crippen molar-refractivity contribution < 1.29 is 18.0 Å². The molecular weight excluding hydrogens is 416 g/mol. The van der Waals surface area contributed by atoms with Gasteiger partial charge in [-0.2, -0.15) is 18.3 Å². The second kappa shape index (κ2) is 7.15. The Bertz CT molecular complexity index is 905. The molecule has 0 saturated carbocycles. The molecule has 2 N–H and O–H groups in total. The number of alkyl halides is 3. The summed E-state index contributed by atoms with van der Waals surface area (Å²) in [6.45, 7) is 5.58. The Hall–Kier alpha value is -1.93. The fourth-order valence-corrected chi connectivity index (χ4v) is 3.49. The third kappa shape index (κ3) is 4.22. The first-order valence-corrected chi connectivity index (χ1v) is 9.31. The van der Waals surface area contributed by atoms with E-state index in [1.54, 1.807) is 0 Å². The molecule has 152 valence electrons. The van der Waals surface area contributed by atoms with Crippen molar-refractivity contribution in [2.24, 2.45) is 5.41 Å². The Morgan fingerprint density at radius 1 is 1.25 bits per heavy atom. The van der Waals surface area contributed by atoms with E-state index in [0.29, 0.717) is 5.02 Å². The van der Waals surface area contributed by atoms with Crippen LogP contribution in [0.3, 0.4) is 0 Å². The van der Waals surface area contributed by atoms with Crippen molar-refractivity contribution in [1.82, 2.24) is 9.78 Å². The van der Waals surface area contributed by atoms with Gasteiger partial charge in [0.05, 0.1) is 10.7 Å². The first kappa shape index (κ1) is 20.8. The van der Waals surface area contributed by atoms with Gasteiger partial charge >= 0.3 is 6.18 Å². The predicted octanol–water partition coefficient (Wildman–Crippen LogP) is 5.78. The van der Waals surface area contributed by atoms with E-state index in [9.17, 15) is 18.0 Å². The van der Waals surface area contributed by atoms with Gasteiger partial charge in [-0.25, -0.2) is 4.68 Å². The highest BCUT2D eigenvalue weighted by atomic mass is 35.5. The summed E-state index contributed by atoms with van der Waals surface area (Å²) in [7, 11) is 0. The monoisotopic (exact) mass is 434 g/mol. The maximum absolute atomic E-state index is 13.6. The lowest BCUT2D eigenvalue weighted by Crippen LogP contribution is -2.44. The third-order valence-electron chi connectivity index (χ3n) is 4.65. The summed E-state index contributed by atoms with van der Waals surface area (Å²) in [6, 6.07) is 3.57. The van der Waals surface area contributed by atoms with Crippen molar-refractivity contribution in [2.45, 2.75) is 45.5 Å². The summed E-state index contributed by atoms with van der Waals surface area (Å²) >= 11 is 11.8. The SMILES string of the molecule is CC(C)(C)[C@@H]1C[C@@H](C(F)(F)F)n2nc(C(=O)Nc3ccc(Cl)cc3Cl)cc2N1. The van der Waals surface area contributed by atoms with Gasteiger partial charge in [0.1, 0.15) is 5.82 Å². The molecule has 0 radical (unpaired) electrons. The van der Waals surface area contributed by atoms with Crippen LogP contribution in [-0.2, 0) is 0 Å². The Morgan fingerprint density at radius 2 is 1.93 bits per heavy atom. The molecule has 0 fully saturated rings. The molecule has 1 aliphatic rings. The molecule has 2 atom stereocenters. The summed E-state index contributed by atoms with van der Waals surface area (Å²) < 4.78 is 41.7. The van der Waals surface area contributed by atoms with Crippen molar-refractivity contribution in [3.8, 4) is 0 Å². The molecule has 0 spiro atoms. The van der Waals surface area contributed by atoms with Gasteiger partial charge in [0.2, 0.25) is 0 Å². The first-order chi connectivity index (χ1) is 12.9. The average Bonchev–Trinajstić information content (AvgIpc) is 2.98. The summed E-state index contributed by atoms with van der Waals surface area (Å²) in [4.78, 5) is 12.5. The van der Waals surface area contributed by atoms with Crippen molar-refractivity contribution in [3.05, 3.63) is 40.0 Å². The molecule has 1 amide bonds. The molecule has 0 bridgehead atoms. The van der Waals surface area contributed by atoms with Crippen LogP contribution in [-0.4, -0.2) is 27.9 Å². The van der Waals surface area contributed by atoms with E-state index in [4.69, 9.17) is 23.2 Å². The fraction of sp³-hybridized carbons (Fsp3) is 0.444. The minimum atomic E-state index is -4.49. The minimum Gasteiger partial charge on any atom is -0.367 e. The zero-order valence-electron chi connectivity index (χ0n) is 15.4. The summed E-state index contributed by atoms with van der Waals surface area (Å²) in [5.74, 6) is -0.512. The maximum Gasteiger partial charge on any atom is 0.410 e. The van der Waals surface area contributed by atoms with Gasteiger partial charge in [-0.15, -0.1) is 0 Å². The molecule has 0 aliphatic carbocycles. The number of hydrogen-bond donors (Lipinski definition) is 2. The fourth-order valence-electron chi connectivity index (χ4n) is 3.03. The zero-order valence-corrected chi connectivity index (χ0v) is 16.9. The molecule has 1 aromatic carbocycles. The quantitative estimate of drug-likeness (QED) is 0.629. The smallest absolute Gasteiger partial charge is 0.367 e. The van der Waals surface area contributed by atoms with E-state index in [0.717, 1.165) is 4.68 Å². The molecule has 2 aromatic rings. The second-order valence-corrected chi connectivity index (χ2v) is 8.64. The molecule has 28 heavy (non-hydrogen) atoms. The topological polar surface area (TPSA) is 59.0 Å². The average molecular weight is 435 g/mol. The molecule has 1 aliphatic heterocycles. The lowest BCUT2D eigenvalue weighted by atomic mass is 9.82. The Morgan fingerprint density at radius 3 is 2.50 bits per heavy atom. The van der Waals surface area contributed by atoms with Gasteiger partial charge in [-0.05, 0) is 30.0 Å². The van der Waals surface area contributed by atoms with E-state index in [1.807, 2.05) is 20.8 Å². The lowest BCUT2D eigenvalue weighted by molar-refractivity contribution is -0.175. The number of fused-ring (bicyclic) bond motifs is 1. The number of anilines is 2. The zero-order chi connectivity index (χ0) is 20.9. The van der Waals surface area contributed by atoms with Crippen LogP contribution in [0.1, 0.15) is 43.7 Å². The van der Waals surface area contributed by atoms with Gasteiger partial charge in [0.15, 0.2) is 11.7 Å². The molecule has 10 heteroatoms. The van der Waals surface area contributed by atoms with Crippen LogP contribution in [0.5, 0.6) is 0 Å². The molecule has 0 unspecified atom stereocenters. The number of carbonyl (C=O) groups is 1. The Balaban J connectivity index is 1.92. The number of rotatable bonds is 2. The molecule has 1 aromatic heterocycles. The normalized spacial score (nSPS) is 19.7. The van der Waals surface area contributed by atoms with Crippen LogP contribution in [0.25, 0.3) is 0 Å². The predicted molar refractivity (Wildman–Crippen MR) is 103 cm³/mol. The molecule has 3 rings (SSSR count). The standard InChI is InChI=1S/C18H19Cl2F3N4O/c1-17(2,3)13-8-14(18(21,22)23)27-15(25-13)7-12(26-27)16(28)24-11-5-4-9(19)6-10(11)20/h4-7,13-14,25H,8H2,1-3H3,(H,24,28)/t13-,14-/m0/s1. The van der Waals surface area contributed by atoms with E-state index in [-0.39, 0.29) is 28.6 Å². The van der Waals surface area contributed by atoms with Gasteiger partial charge in [0.25, 0.3) is 5.91 Å². The number of amides is 1. The summed E-state index contributed by atoms with van der Waals surface area (Å²) in [5, 5.41) is 10.1. The highest BCUT2D eigenvalue weighted by molar-refractivity contribution is 6.36. The van der Waals surface area contributed by atoms with Gasteiger partial charge in [-0.3, -0.25) is 4.79 Å². The lowest BCUT2D eigenvalue weighted by Gasteiger charge is -2.39. The van der Waals surface area contributed by atoms with Crippen LogP contribution in [0.15, 0.2) is 24.3 Å². The third-order valence-corrected chi connectivity index (χ3v) is 5.20. The minimum absolute atomic E-state index is 0.141. The number of halogens is 5. The van der Waals surface area contributed by atoms with Crippen LogP contribution < -0.4 is 10.6 Å².